The summed E-state index contributed by atoms with van der Waals surface area (Å²) in [5.41, 5.74) is 0. The molecular weight excluding hydrogens is 350 g/mol. The first-order valence-electron chi connectivity index (χ1n) is 7.91. The molecule has 2 bridgehead atoms. The molecule has 3 amide bonds. The zero-order chi connectivity index (χ0) is 17.4. The lowest BCUT2D eigenvalue weighted by molar-refractivity contribution is -0.145. The van der Waals surface area contributed by atoms with E-state index < -0.39 is 0 Å². The van der Waals surface area contributed by atoms with E-state index in [1.165, 1.54) is 16.2 Å². The summed E-state index contributed by atoms with van der Waals surface area (Å²) in [5, 5.41) is 2.24. The normalized spacial score (nSPS) is 23.4. The molecule has 6 nitrogen and oxygen atoms in total. The summed E-state index contributed by atoms with van der Waals surface area (Å²) in [5.74, 6) is -0.481. The molecule has 0 aliphatic carbocycles. The Morgan fingerprint density at radius 2 is 2.08 bits per heavy atom. The molecule has 4 heterocycles. The number of piperidine rings is 1. The van der Waals surface area contributed by atoms with Gasteiger partial charge in [0.05, 0.1) is 10.9 Å². The van der Waals surface area contributed by atoms with E-state index in [-0.39, 0.29) is 36.2 Å². The lowest BCUT2D eigenvalue weighted by atomic mass is 9.94. The van der Waals surface area contributed by atoms with Gasteiger partial charge in [0.2, 0.25) is 11.8 Å². The average molecular weight is 370 g/mol. The molecule has 0 spiro atoms. The minimum atomic E-state index is -0.235. The Balaban J connectivity index is 1.80. The van der Waals surface area contributed by atoms with Crippen LogP contribution in [0.1, 0.15) is 22.5 Å². The van der Waals surface area contributed by atoms with E-state index in [9.17, 15) is 14.4 Å². The van der Waals surface area contributed by atoms with Crippen LogP contribution < -0.4 is 0 Å². The van der Waals surface area contributed by atoms with Crippen LogP contribution in [-0.4, -0.2) is 72.2 Å². The van der Waals surface area contributed by atoms with Gasteiger partial charge in [0.15, 0.2) is 0 Å². The number of likely N-dealkylation sites (N-methyl/N-ethyl adjacent to an activating group) is 1. The third-order valence-electron chi connectivity index (χ3n) is 4.70. The minimum absolute atomic E-state index is 0.0194. The Morgan fingerprint density at radius 3 is 2.71 bits per heavy atom. The second kappa shape index (κ2) is 6.72. The maximum absolute atomic E-state index is 12.7. The fourth-order valence-electron chi connectivity index (χ4n) is 3.29. The zero-order valence-corrected chi connectivity index (χ0v) is 15.3. The highest BCUT2D eigenvalue weighted by Crippen LogP contribution is 2.31. The number of carbonyl (C=O) groups excluding carboxylic acids is 3. The summed E-state index contributed by atoms with van der Waals surface area (Å²) < 4.78 is 0. The van der Waals surface area contributed by atoms with E-state index >= 15 is 0 Å². The third-order valence-corrected chi connectivity index (χ3v) is 6.03. The predicted octanol–water partition coefficient (Wildman–Crippen LogP) is 1.55. The number of rotatable bonds is 3. The highest BCUT2D eigenvalue weighted by molar-refractivity contribution is 7.12. The summed E-state index contributed by atoms with van der Waals surface area (Å²) in [6, 6.07) is 1.60. The second-order valence-electron chi connectivity index (χ2n) is 6.49. The van der Waals surface area contributed by atoms with Crippen LogP contribution in [0, 0.1) is 5.92 Å². The SMILES string of the molecule is CN(C)C(=O)CN1C(=O)[C@H]2CC[C@@H]1CN(C(=O)c1sccc1Cl)C2. The molecule has 0 radical (unpaired) electrons. The second-order valence-corrected chi connectivity index (χ2v) is 7.81. The highest BCUT2D eigenvalue weighted by Gasteiger charge is 2.43. The van der Waals surface area contributed by atoms with E-state index in [0.29, 0.717) is 23.0 Å². The first kappa shape index (κ1) is 17.2. The molecule has 8 heteroatoms. The molecule has 0 N–H and O–H groups in total. The Bertz CT molecular complexity index is 675. The van der Waals surface area contributed by atoms with Gasteiger partial charge in [0.1, 0.15) is 11.4 Å². The van der Waals surface area contributed by atoms with Crippen molar-refractivity contribution in [1.82, 2.24) is 14.7 Å². The molecule has 0 saturated carbocycles. The van der Waals surface area contributed by atoms with Crippen LogP contribution in [-0.2, 0) is 9.59 Å². The van der Waals surface area contributed by atoms with E-state index in [1.54, 1.807) is 35.3 Å². The van der Waals surface area contributed by atoms with Crippen molar-refractivity contribution >= 4 is 40.7 Å². The lowest BCUT2D eigenvalue weighted by Crippen LogP contribution is -2.51. The fraction of sp³-hybridized carbons (Fsp3) is 0.562. The first-order valence-corrected chi connectivity index (χ1v) is 9.17. The number of fused-ring (bicyclic) bond motifs is 4. The topological polar surface area (TPSA) is 60.9 Å². The molecule has 0 aromatic carbocycles. The van der Waals surface area contributed by atoms with Crippen LogP contribution in [0.2, 0.25) is 5.02 Å². The fourth-order valence-corrected chi connectivity index (χ4v) is 4.39. The number of hydrogen-bond donors (Lipinski definition) is 0. The van der Waals surface area contributed by atoms with Crippen molar-refractivity contribution in [3.8, 4) is 0 Å². The third kappa shape index (κ3) is 3.15. The number of carbonyl (C=O) groups is 3. The van der Waals surface area contributed by atoms with Gasteiger partial charge in [-0.2, -0.15) is 0 Å². The van der Waals surface area contributed by atoms with Crippen LogP contribution in [0.3, 0.4) is 0 Å². The summed E-state index contributed by atoms with van der Waals surface area (Å²) in [4.78, 5) is 42.8. The van der Waals surface area contributed by atoms with Crippen LogP contribution >= 0.6 is 22.9 Å². The van der Waals surface area contributed by atoms with Gasteiger partial charge in [0.25, 0.3) is 5.91 Å². The van der Waals surface area contributed by atoms with E-state index in [1.807, 2.05) is 0 Å². The number of hydrogen-bond acceptors (Lipinski definition) is 4. The van der Waals surface area contributed by atoms with Gasteiger partial charge in [0, 0.05) is 33.2 Å². The van der Waals surface area contributed by atoms with Gasteiger partial charge in [-0.1, -0.05) is 11.6 Å². The molecule has 130 valence electrons. The molecule has 24 heavy (non-hydrogen) atoms. The summed E-state index contributed by atoms with van der Waals surface area (Å²) in [6.07, 6.45) is 1.58. The van der Waals surface area contributed by atoms with Gasteiger partial charge in [-0.05, 0) is 24.3 Å². The van der Waals surface area contributed by atoms with Crippen molar-refractivity contribution in [2.24, 2.45) is 5.92 Å². The molecule has 1 aromatic heterocycles. The predicted molar refractivity (Wildman–Crippen MR) is 92.2 cm³/mol. The first-order chi connectivity index (χ1) is 11.4. The van der Waals surface area contributed by atoms with Crippen LogP contribution in [0.15, 0.2) is 11.4 Å². The maximum Gasteiger partial charge on any atom is 0.265 e. The smallest absolute Gasteiger partial charge is 0.265 e. The molecule has 2 atom stereocenters. The molecule has 1 aromatic rings. The van der Waals surface area contributed by atoms with Crippen molar-refractivity contribution < 1.29 is 14.4 Å². The highest BCUT2D eigenvalue weighted by atomic mass is 35.5. The zero-order valence-electron chi connectivity index (χ0n) is 13.7. The van der Waals surface area contributed by atoms with Crippen LogP contribution in [0.5, 0.6) is 0 Å². The van der Waals surface area contributed by atoms with Crippen LogP contribution in [0.4, 0.5) is 0 Å². The Labute approximate surface area is 150 Å². The molecule has 4 rings (SSSR count). The van der Waals surface area contributed by atoms with Crippen molar-refractivity contribution in [2.45, 2.75) is 18.9 Å². The molecule has 3 aliphatic heterocycles. The van der Waals surface area contributed by atoms with Crippen LogP contribution in [0.25, 0.3) is 0 Å². The number of halogens is 1. The van der Waals surface area contributed by atoms with E-state index in [2.05, 4.69) is 0 Å². The molecule has 3 fully saturated rings. The van der Waals surface area contributed by atoms with Crippen molar-refractivity contribution in [3.63, 3.8) is 0 Å². The lowest BCUT2D eigenvalue weighted by Gasteiger charge is -2.35. The van der Waals surface area contributed by atoms with Gasteiger partial charge < -0.3 is 14.7 Å². The standard InChI is InChI=1S/C16H20ClN3O3S/c1-18(2)13(21)9-20-11-4-3-10(15(20)22)7-19(8-11)16(23)14-12(17)5-6-24-14/h5-6,10-11H,3-4,7-9H2,1-2H3/t10-,11+/m0/s1. The largest absolute Gasteiger partial charge is 0.347 e. The van der Waals surface area contributed by atoms with Gasteiger partial charge in [-0.3, -0.25) is 14.4 Å². The van der Waals surface area contributed by atoms with E-state index in [4.69, 9.17) is 11.6 Å². The minimum Gasteiger partial charge on any atom is -0.347 e. The van der Waals surface area contributed by atoms with Crippen molar-refractivity contribution in [1.29, 1.82) is 0 Å². The Morgan fingerprint density at radius 1 is 1.33 bits per heavy atom. The summed E-state index contributed by atoms with van der Waals surface area (Å²) in [6.45, 7) is 0.930. The van der Waals surface area contributed by atoms with Crippen molar-refractivity contribution in [2.75, 3.05) is 33.7 Å². The quantitative estimate of drug-likeness (QED) is 0.812. The number of thiophene rings is 1. The summed E-state index contributed by atoms with van der Waals surface area (Å²) >= 11 is 7.39. The van der Waals surface area contributed by atoms with E-state index in [0.717, 1.165) is 12.8 Å². The van der Waals surface area contributed by atoms with Gasteiger partial charge in [-0.25, -0.2) is 0 Å². The number of nitrogens with zero attached hydrogens (tertiary/aromatic N) is 3. The molecular formula is C16H20ClN3O3S. The Hall–Kier alpha value is -1.60. The number of amides is 3. The van der Waals surface area contributed by atoms with Gasteiger partial charge >= 0.3 is 0 Å². The maximum atomic E-state index is 12.7. The van der Waals surface area contributed by atoms with Crippen molar-refractivity contribution in [3.05, 3.63) is 21.3 Å². The monoisotopic (exact) mass is 369 g/mol. The molecule has 3 saturated heterocycles. The van der Waals surface area contributed by atoms with Gasteiger partial charge in [-0.15, -0.1) is 11.3 Å². The average Bonchev–Trinajstić information content (AvgIpc) is 2.79. The molecule has 0 unspecified atom stereocenters. The Kier molecular flexibility index (Phi) is 4.83. The summed E-state index contributed by atoms with van der Waals surface area (Å²) in [7, 11) is 3.36. The molecule has 3 aliphatic rings.